The number of nitrogens with one attached hydrogen (secondary N) is 1. The summed E-state index contributed by atoms with van der Waals surface area (Å²) in [5.74, 6) is 0. The van der Waals surface area contributed by atoms with Crippen LogP contribution >= 0.6 is 0 Å². The summed E-state index contributed by atoms with van der Waals surface area (Å²) in [6, 6.07) is 6.19. The molecule has 0 radical (unpaired) electrons. The van der Waals surface area contributed by atoms with Crippen molar-refractivity contribution in [1.29, 1.82) is 5.26 Å². The third kappa shape index (κ3) is 3.55. The average molecular weight is 189 g/mol. The van der Waals surface area contributed by atoms with Crippen molar-refractivity contribution in [3.63, 3.8) is 0 Å². The van der Waals surface area contributed by atoms with Gasteiger partial charge in [0.15, 0.2) is 0 Å². The van der Waals surface area contributed by atoms with Gasteiger partial charge < -0.3 is 5.32 Å². The normalized spacial score (nSPS) is 12.0. The Morgan fingerprint density at radius 1 is 1.50 bits per heavy atom. The lowest BCUT2D eigenvalue weighted by Gasteiger charge is -2.08. The smallest absolute Gasteiger partial charge is 0.0950 e. The van der Waals surface area contributed by atoms with Crippen molar-refractivity contribution in [2.45, 2.75) is 25.8 Å². The molecule has 1 aromatic rings. The van der Waals surface area contributed by atoms with Gasteiger partial charge in [-0.15, -0.1) is 0 Å². The molecule has 3 heteroatoms. The Balaban J connectivity index is 2.26. The van der Waals surface area contributed by atoms with Crippen molar-refractivity contribution in [2.24, 2.45) is 0 Å². The molecule has 0 amide bonds. The zero-order valence-corrected chi connectivity index (χ0v) is 8.40. The van der Waals surface area contributed by atoms with E-state index in [1.54, 1.807) is 12.4 Å². The van der Waals surface area contributed by atoms with E-state index in [4.69, 9.17) is 5.26 Å². The zero-order chi connectivity index (χ0) is 10.2. The first-order valence-electron chi connectivity index (χ1n) is 4.88. The predicted octanol–water partition coefficient (Wildman–Crippen LogP) is 1.52. The van der Waals surface area contributed by atoms with E-state index in [1.807, 2.05) is 19.1 Å². The predicted molar refractivity (Wildman–Crippen MR) is 55.6 cm³/mol. The molecule has 0 aliphatic rings. The van der Waals surface area contributed by atoms with Gasteiger partial charge in [-0.25, -0.2) is 0 Å². The lowest BCUT2D eigenvalue weighted by Crippen LogP contribution is -2.28. The topological polar surface area (TPSA) is 48.7 Å². The Morgan fingerprint density at radius 3 is 2.79 bits per heavy atom. The molecule has 0 aliphatic carbocycles. The van der Waals surface area contributed by atoms with E-state index in [0.29, 0.717) is 0 Å². The molecule has 74 valence electrons. The first-order chi connectivity index (χ1) is 6.86. The van der Waals surface area contributed by atoms with Gasteiger partial charge in [0.25, 0.3) is 0 Å². The first kappa shape index (κ1) is 10.7. The highest BCUT2D eigenvalue weighted by molar-refractivity contribution is 5.10. The van der Waals surface area contributed by atoms with Crippen molar-refractivity contribution in [1.82, 2.24) is 10.3 Å². The van der Waals surface area contributed by atoms with Crippen LogP contribution in [-0.2, 0) is 6.42 Å². The van der Waals surface area contributed by atoms with Crippen LogP contribution in [0.3, 0.4) is 0 Å². The molecule has 1 N–H and O–H groups in total. The van der Waals surface area contributed by atoms with Crippen LogP contribution in [-0.4, -0.2) is 17.6 Å². The number of rotatable bonds is 5. The van der Waals surface area contributed by atoms with Crippen LogP contribution < -0.4 is 5.32 Å². The van der Waals surface area contributed by atoms with Gasteiger partial charge in [0.05, 0.1) is 12.1 Å². The van der Waals surface area contributed by atoms with E-state index in [1.165, 1.54) is 5.56 Å². The number of nitrogens with zero attached hydrogens (tertiary/aromatic N) is 2. The van der Waals surface area contributed by atoms with Crippen molar-refractivity contribution >= 4 is 0 Å². The van der Waals surface area contributed by atoms with Gasteiger partial charge in [-0.3, -0.25) is 4.98 Å². The number of pyridine rings is 1. The molecule has 0 saturated heterocycles. The van der Waals surface area contributed by atoms with Gasteiger partial charge in [0, 0.05) is 18.9 Å². The molecule has 1 unspecified atom stereocenters. The lowest BCUT2D eigenvalue weighted by atomic mass is 10.2. The van der Waals surface area contributed by atoms with Crippen molar-refractivity contribution < 1.29 is 0 Å². The quantitative estimate of drug-likeness (QED) is 0.764. The largest absolute Gasteiger partial charge is 0.302 e. The molecule has 0 bridgehead atoms. The molecule has 1 rings (SSSR count). The van der Waals surface area contributed by atoms with Gasteiger partial charge in [-0.1, -0.05) is 6.92 Å². The van der Waals surface area contributed by atoms with Crippen LogP contribution in [0.4, 0.5) is 0 Å². The van der Waals surface area contributed by atoms with Crippen LogP contribution in [0.5, 0.6) is 0 Å². The standard InChI is InChI=1S/C11H15N3/c1-2-11(9-12)14-8-5-10-3-6-13-7-4-10/h3-4,6-7,11,14H,2,5,8H2,1H3. The van der Waals surface area contributed by atoms with Crippen LogP contribution in [0.25, 0.3) is 0 Å². The van der Waals surface area contributed by atoms with Gasteiger partial charge in [-0.05, 0) is 30.5 Å². The SMILES string of the molecule is CCC(C#N)NCCc1ccncc1. The summed E-state index contributed by atoms with van der Waals surface area (Å²) in [6.45, 7) is 2.85. The Bertz CT molecular complexity index is 289. The Kier molecular flexibility index (Phi) is 4.66. The second kappa shape index (κ2) is 6.11. The minimum absolute atomic E-state index is 0.0168. The maximum absolute atomic E-state index is 8.70. The fraction of sp³-hybridized carbons (Fsp3) is 0.455. The van der Waals surface area contributed by atoms with E-state index in [9.17, 15) is 0 Å². The van der Waals surface area contributed by atoms with Crippen LogP contribution in [0.15, 0.2) is 24.5 Å². The zero-order valence-electron chi connectivity index (χ0n) is 8.40. The molecule has 3 nitrogen and oxygen atoms in total. The molecule has 1 atom stereocenters. The first-order valence-corrected chi connectivity index (χ1v) is 4.88. The number of aromatic nitrogens is 1. The Labute approximate surface area is 84.8 Å². The summed E-state index contributed by atoms with van der Waals surface area (Å²) < 4.78 is 0. The van der Waals surface area contributed by atoms with Crippen molar-refractivity contribution in [2.75, 3.05) is 6.54 Å². The summed E-state index contributed by atoms with van der Waals surface area (Å²) in [5.41, 5.74) is 1.25. The van der Waals surface area contributed by atoms with Gasteiger partial charge >= 0.3 is 0 Å². The number of hydrogen-bond acceptors (Lipinski definition) is 3. The van der Waals surface area contributed by atoms with E-state index in [0.717, 1.165) is 19.4 Å². The van der Waals surface area contributed by atoms with Crippen LogP contribution in [0.2, 0.25) is 0 Å². The number of hydrogen-bond donors (Lipinski definition) is 1. The minimum atomic E-state index is -0.0168. The molecule has 0 saturated carbocycles. The van der Waals surface area contributed by atoms with Crippen LogP contribution in [0.1, 0.15) is 18.9 Å². The number of nitriles is 1. The van der Waals surface area contributed by atoms with Crippen LogP contribution in [0, 0.1) is 11.3 Å². The molecule has 0 spiro atoms. The summed E-state index contributed by atoms with van der Waals surface area (Å²) in [6.07, 6.45) is 5.38. The van der Waals surface area contributed by atoms with E-state index < -0.39 is 0 Å². The highest BCUT2D eigenvalue weighted by Gasteiger charge is 2.01. The maximum atomic E-state index is 8.70. The molecule has 0 fully saturated rings. The third-order valence-electron chi connectivity index (χ3n) is 2.12. The molecular weight excluding hydrogens is 174 g/mol. The Hall–Kier alpha value is -1.40. The molecule has 14 heavy (non-hydrogen) atoms. The van der Waals surface area contributed by atoms with Crippen molar-refractivity contribution in [3.05, 3.63) is 30.1 Å². The second-order valence-electron chi connectivity index (χ2n) is 3.15. The van der Waals surface area contributed by atoms with E-state index in [-0.39, 0.29) is 6.04 Å². The van der Waals surface area contributed by atoms with Crippen molar-refractivity contribution in [3.8, 4) is 6.07 Å². The van der Waals surface area contributed by atoms with E-state index >= 15 is 0 Å². The maximum Gasteiger partial charge on any atom is 0.0950 e. The Morgan fingerprint density at radius 2 is 2.21 bits per heavy atom. The molecule has 0 aromatic carbocycles. The third-order valence-corrected chi connectivity index (χ3v) is 2.12. The lowest BCUT2D eigenvalue weighted by molar-refractivity contribution is 0.588. The molecule has 1 aromatic heterocycles. The van der Waals surface area contributed by atoms with Gasteiger partial charge in [0.2, 0.25) is 0 Å². The fourth-order valence-electron chi connectivity index (χ4n) is 1.22. The summed E-state index contributed by atoms with van der Waals surface area (Å²) in [5, 5.41) is 11.9. The average Bonchev–Trinajstić information content (AvgIpc) is 2.26. The van der Waals surface area contributed by atoms with Gasteiger partial charge in [0.1, 0.15) is 0 Å². The molecular formula is C11H15N3. The summed E-state index contributed by atoms with van der Waals surface area (Å²) in [7, 11) is 0. The summed E-state index contributed by atoms with van der Waals surface area (Å²) in [4.78, 5) is 3.95. The summed E-state index contributed by atoms with van der Waals surface area (Å²) >= 11 is 0. The molecule has 0 aliphatic heterocycles. The minimum Gasteiger partial charge on any atom is -0.302 e. The van der Waals surface area contributed by atoms with Gasteiger partial charge in [-0.2, -0.15) is 5.26 Å². The monoisotopic (exact) mass is 189 g/mol. The highest BCUT2D eigenvalue weighted by Crippen LogP contribution is 1.97. The molecule has 1 heterocycles. The fourth-order valence-corrected chi connectivity index (χ4v) is 1.22. The van der Waals surface area contributed by atoms with E-state index in [2.05, 4.69) is 16.4 Å². The highest BCUT2D eigenvalue weighted by atomic mass is 14.9. The second-order valence-corrected chi connectivity index (χ2v) is 3.15.